The first kappa shape index (κ1) is 13.9. The highest BCUT2D eigenvalue weighted by atomic mass is 35.5. The van der Waals surface area contributed by atoms with Gasteiger partial charge in [0.25, 0.3) is 0 Å². The van der Waals surface area contributed by atoms with Crippen molar-refractivity contribution >= 4 is 28.6 Å². The third kappa shape index (κ3) is 3.34. The summed E-state index contributed by atoms with van der Waals surface area (Å²) in [6, 6.07) is 14.7. The molecule has 0 fully saturated rings. The molecule has 0 saturated heterocycles. The van der Waals surface area contributed by atoms with E-state index < -0.39 is 0 Å². The number of anilines is 1. The molecule has 1 atom stereocenters. The Kier molecular flexibility index (Phi) is 4.06. The number of hydrogen-bond acceptors (Lipinski definition) is 2. The predicted octanol–water partition coefficient (Wildman–Crippen LogP) is 3.96. The van der Waals surface area contributed by atoms with Gasteiger partial charge in [-0.25, -0.2) is 9.37 Å². The van der Waals surface area contributed by atoms with Gasteiger partial charge in [-0.1, -0.05) is 30.3 Å². The molecule has 2 aromatic carbocycles. The minimum atomic E-state index is -0.282. The van der Waals surface area contributed by atoms with Crippen molar-refractivity contribution in [2.75, 3.05) is 11.2 Å². The van der Waals surface area contributed by atoms with Gasteiger partial charge in [0.05, 0.1) is 11.0 Å². The summed E-state index contributed by atoms with van der Waals surface area (Å²) in [5.41, 5.74) is 2.61. The minimum absolute atomic E-state index is 0.0551. The molecule has 108 valence electrons. The SMILES string of the molecule is Fc1ccc2nc(NC(CCl)Cc3ccccc3)[nH]c2c1. The number of aromatic nitrogens is 2. The molecule has 5 heteroatoms. The topological polar surface area (TPSA) is 40.7 Å². The summed E-state index contributed by atoms with van der Waals surface area (Å²) in [6.07, 6.45) is 0.801. The summed E-state index contributed by atoms with van der Waals surface area (Å²) in [5.74, 6) is 0.786. The molecule has 0 amide bonds. The third-order valence-electron chi connectivity index (χ3n) is 3.30. The number of halogens is 2. The van der Waals surface area contributed by atoms with Crippen LogP contribution in [0.25, 0.3) is 11.0 Å². The number of aromatic amines is 1. The van der Waals surface area contributed by atoms with Gasteiger partial charge in [-0.2, -0.15) is 0 Å². The van der Waals surface area contributed by atoms with Crippen LogP contribution >= 0.6 is 11.6 Å². The molecule has 1 heterocycles. The van der Waals surface area contributed by atoms with Crippen molar-refractivity contribution in [3.63, 3.8) is 0 Å². The Morgan fingerprint density at radius 1 is 1.19 bits per heavy atom. The van der Waals surface area contributed by atoms with Gasteiger partial charge >= 0.3 is 0 Å². The van der Waals surface area contributed by atoms with E-state index in [9.17, 15) is 4.39 Å². The fourth-order valence-corrected chi connectivity index (χ4v) is 2.47. The summed E-state index contributed by atoms with van der Waals surface area (Å²) in [6.45, 7) is 0. The number of imidazole rings is 1. The van der Waals surface area contributed by atoms with Crippen LogP contribution in [0.1, 0.15) is 5.56 Å². The third-order valence-corrected chi connectivity index (χ3v) is 3.67. The van der Waals surface area contributed by atoms with E-state index in [1.165, 1.54) is 17.7 Å². The maximum atomic E-state index is 13.2. The number of fused-ring (bicyclic) bond motifs is 1. The Morgan fingerprint density at radius 2 is 2.00 bits per heavy atom. The first-order valence-corrected chi connectivity index (χ1v) is 7.30. The molecule has 0 radical (unpaired) electrons. The summed E-state index contributed by atoms with van der Waals surface area (Å²) in [5, 5.41) is 3.26. The second-order valence-corrected chi connectivity index (χ2v) is 5.24. The molecule has 2 N–H and O–H groups in total. The van der Waals surface area contributed by atoms with Crippen LogP contribution in [0.2, 0.25) is 0 Å². The summed E-state index contributed by atoms with van der Waals surface area (Å²) in [7, 11) is 0. The fourth-order valence-electron chi connectivity index (χ4n) is 2.29. The molecule has 1 unspecified atom stereocenters. The first-order valence-electron chi connectivity index (χ1n) is 6.76. The Hall–Kier alpha value is -2.07. The largest absolute Gasteiger partial charge is 0.352 e. The highest BCUT2D eigenvalue weighted by Gasteiger charge is 2.11. The van der Waals surface area contributed by atoms with Crippen LogP contribution in [-0.4, -0.2) is 21.9 Å². The lowest BCUT2D eigenvalue weighted by atomic mass is 10.1. The van der Waals surface area contributed by atoms with E-state index in [1.54, 1.807) is 6.07 Å². The van der Waals surface area contributed by atoms with E-state index in [-0.39, 0.29) is 11.9 Å². The van der Waals surface area contributed by atoms with Gasteiger partial charge in [-0.05, 0) is 30.2 Å². The smallest absolute Gasteiger partial charge is 0.201 e. The van der Waals surface area contributed by atoms with Gasteiger partial charge in [-0.3, -0.25) is 0 Å². The first-order chi connectivity index (χ1) is 10.2. The predicted molar refractivity (Wildman–Crippen MR) is 84.3 cm³/mol. The quantitative estimate of drug-likeness (QED) is 0.700. The maximum absolute atomic E-state index is 13.2. The Labute approximate surface area is 127 Å². The van der Waals surface area contributed by atoms with Gasteiger partial charge in [0.2, 0.25) is 5.95 Å². The van der Waals surface area contributed by atoms with Crippen molar-refractivity contribution < 1.29 is 4.39 Å². The van der Waals surface area contributed by atoms with Gasteiger partial charge in [0.15, 0.2) is 0 Å². The van der Waals surface area contributed by atoms with E-state index in [1.807, 2.05) is 18.2 Å². The zero-order chi connectivity index (χ0) is 14.7. The highest BCUT2D eigenvalue weighted by molar-refractivity contribution is 6.18. The van der Waals surface area contributed by atoms with E-state index in [2.05, 4.69) is 27.4 Å². The van der Waals surface area contributed by atoms with E-state index in [4.69, 9.17) is 11.6 Å². The molecule has 1 aromatic heterocycles. The molecule has 3 aromatic rings. The van der Waals surface area contributed by atoms with Gasteiger partial charge in [0, 0.05) is 11.9 Å². The van der Waals surface area contributed by atoms with Crippen LogP contribution in [0, 0.1) is 5.82 Å². The van der Waals surface area contributed by atoms with E-state index >= 15 is 0 Å². The van der Waals surface area contributed by atoms with Crippen molar-refractivity contribution in [1.29, 1.82) is 0 Å². The lowest BCUT2D eigenvalue weighted by molar-refractivity contribution is 0.629. The van der Waals surface area contributed by atoms with Crippen molar-refractivity contribution in [1.82, 2.24) is 9.97 Å². The molecular weight excluding hydrogens is 289 g/mol. The van der Waals surface area contributed by atoms with Crippen LogP contribution < -0.4 is 5.32 Å². The van der Waals surface area contributed by atoms with Crippen LogP contribution in [-0.2, 0) is 6.42 Å². The average Bonchev–Trinajstić information content (AvgIpc) is 2.89. The standard InChI is InChI=1S/C16H15ClFN3/c17-10-13(8-11-4-2-1-3-5-11)19-16-20-14-7-6-12(18)9-15(14)21-16/h1-7,9,13H,8,10H2,(H2,19,20,21). The lowest BCUT2D eigenvalue weighted by Gasteiger charge is -2.15. The zero-order valence-electron chi connectivity index (χ0n) is 11.3. The summed E-state index contributed by atoms with van der Waals surface area (Å²) >= 11 is 6.03. The molecule has 0 aliphatic carbocycles. The second kappa shape index (κ2) is 6.14. The number of hydrogen-bond donors (Lipinski definition) is 2. The zero-order valence-corrected chi connectivity index (χ0v) is 12.1. The molecule has 0 spiro atoms. The number of alkyl halides is 1. The molecule has 0 bridgehead atoms. The molecular formula is C16H15ClFN3. The number of rotatable bonds is 5. The normalized spacial score (nSPS) is 12.5. The van der Waals surface area contributed by atoms with Crippen LogP contribution in [0.4, 0.5) is 10.3 Å². The lowest BCUT2D eigenvalue weighted by Crippen LogP contribution is -2.24. The summed E-state index contributed by atoms with van der Waals surface area (Å²) in [4.78, 5) is 7.46. The van der Waals surface area contributed by atoms with Crippen LogP contribution in [0.15, 0.2) is 48.5 Å². The molecule has 0 saturated carbocycles. The molecule has 0 aliphatic heterocycles. The Morgan fingerprint density at radius 3 is 2.76 bits per heavy atom. The molecule has 3 nitrogen and oxygen atoms in total. The van der Waals surface area contributed by atoms with Gasteiger partial charge in [-0.15, -0.1) is 11.6 Å². The van der Waals surface area contributed by atoms with Gasteiger partial charge in [0.1, 0.15) is 5.82 Å². The van der Waals surface area contributed by atoms with E-state index in [0.717, 1.165) is 11.9 Å². The number of H-pyrrole nitrogens is 1. The number of nitrogens with one attached hydrogen (secondary N) is 2. The molecule has 0 aliphatic rings. The maximum Gasteiger partial charge on any atom is 0.201 e. The van der Waals surface area contributed by atoms with Crippen molar-refractivity contribution in [2.24, 2.45) is 0 Å². The number of benzene rings is 2. The molecule has 21 heavy (non-hydrogen) atoms. The monoisotopic (exact) mass is 303 g/mol. The fraction of sp³-hybridized carbons (Fsp3) is 0.188. The molecule has 3 rings (SSSR count). The Balaban J connectivity index is 1.76. The summed E-state index contributed by atoms with van der Waals surface area (Å²) < 4.78 is 13.2. The van der Waals surface area contributed by atoms with Crippen LogP contribution in [0.5, 0.6) is 0 Å². The minimum Gasteiger partial charge on any atom is -0.352 e. The van der Waals surface area contributed by atoms with E-state index in [0.29, 0.717) is 17.3 Å². The highest BCUT2D eigenvalue weighted by Crippen LogP contribution is 2.17. The average molecular weight is 304 g/mol. The van der Waals surface area contributed by atoms with Crippen molar-refractivity contribution in [2.45, 2.75) is 12.5 Å². The van der Waals surface area contributed by atoms with Crippen molar-refractivity contribution in [3.05, 3.63) is 59.9 Å². The van der Waals surface area contributed by atoms with Crippen molar-refractivity contribution in [3.8, 4) is 0 Å². The Bertz CT molecular complexity index is 727. The van der Waals surface area contributed by atoms with Crippen LogP contribution in [0.3, 0.4) is 0 Å². The number of nitrogens with zero attached hydrogens (tertiary/aromatic N) is 1. The van der Waals surface area contributed by atoms with Gasteiger partial charge < -0.3 is 10.3 Å². The second-order valence-electron chi connectivity index (χ2n) is 4.93.